The van der Waals surface area contributed by atoms with Crippen LogP contribution in [-0.4, -0.2) is 22.5 Å². The summed E-state index contributed by atoms with van der Waals surface area (Å²) in [5.41, 5.74) is 5.97. The molecule has 0 radical (unpaired) electrons. The van der Waals surface area contributed by atoms with E-state index in [0.29, 0.717) is 12.3 Å². The Bertz CT molecular complexity index is 629. The van der Waals surface area contributed by atoms with Crippen LogP contribution in [0.25, 0.3) is 0 Å². The summed E-state index contributed by atoms with van der Waals surface area (Å²) < 4.78 is 33.8. The normalized spacial score (nSPS) is 11.2. The Kier molecular flexibility index (Phi) is 3.97. The molecule has 0 fully saturated rings. The molecule has 0 bridgehead atoms. The molecule has 1 aromatic heterocycles. The molecular weight excluding hydrogens is 266 g/mol. The van der Waals surface area contributed by atoms with Crippen LogP contribution >= 0.6 is 0 Å². The van der Waals surface area contributed by atoms with Gasteiger partial charge in [-0.25, -0.2) is 18.4 Å². The highest BCUT2D eigenvalue weighted by Crippen LogP contribution is 2.19. The van der Waals surface area contributed by atoms with E-state index in [2.05, 4.69) is 10.1 Å². The lowest BCUT2D eigenvalue weighted by atomic mass is 10.2. The van der Waals surface area contributed by atoms with E-state index in [1.54, 1.807) is 20.0 Å². The predicted octanol–water partition coefficient (Wildman–Crippen LogP) is 2.33. The van der Waals surface area contributed by atoms with Crippen LogP contribution in [0.15, 0.2) is 23.4 Å². The molecular formula is C13H14F2N4O. The van der Waals surface area contributed by atoms with Crippen molar-refractivity contribution in [1.82, 2.24) is 9.66 Å². The fourth-order valence-electron chi connectivity index (χ4n) is 1.65. The first-order valence-corrected chi connectivity index (χ1v) is 5.99. The van der Waals surface area contributed by atoms with Gasteiger partial charge in [-0.05, 0) is 13.8 Å². The molecule has 1 heterocycles. The Morgan fingerprint density at radius 2 is 2.05 bits per heavy atom. The van der Waals surface area contributed by atoms with Gasteiger partial charge in [-0.15, -0.1) is 0 Å². The van der Waals surface area contributed by atoms with Gasteiger partial charge in [-0.2, -0.15) is 5.10 Å². The second-order valence-electron chi connectivity index (χ2n) is 4.06. The molecule has 106 valence electrons. The summed E-state index contributed by atoms with van der Waals surface area (Å²) in [6.07, 6.45) is 2.61. The average molecular weight is 280 g/mol. The van der Waals surface area contributed by atoms with Gasteiger partial charge in [0, 0.05) is 12.1 Å². The molecule has 2 aromatic rings. The summed E-state index contributed by atoms with van der Waals surface area (Å²) in [4.78, 5) is 3.93. The van der Waals surface area contributed by atoms with E-state index in [9.17, 15) is 8.78 Å². The third-order valence-corrected chi connectivity index (χ3v) is 2.51. The van der Waals surface area contributed by atoms with Gasteiger partial charge >= 0.3 is 0 Å². The zero-order chi connectivity index (χ0) is 14.7. The largest absolute Gasteiger partial charge is 0.494 e. The van der Waals surface area contributed by atoms with Gasteiger partial charge in [0.05, 0.1) is 30.3 Å². The van der Waals surface area contributed by atoms with E-state index in [1.165, 1.54) is 4.68 Å². The number of ether oxygens (including phenoxy) is 1. The maximum absolute atomic E-state index is 13.8. The summed E-state index contributed by atoms with van der Waals surface area (Å²) >= 11 is 0. The standard InChI is InChI=1S/C13H14F2N4O/c1-3-20-9-4-11(14)10(12(15)5-9)6-17-19-7-8(2)18-13(19)16/h4-7H,3H2,1-2H3,(H2,16,18). The van der Waals surface area contributed by atoms with Crippen molar-refractivity contribution in [1.29, 1.82) is 0 Å². The van der Waals surface area contributed by atoms with Crippen LogP contribution in [0.4, 0.5) is 14.7 Å². The number of nitrogens with two attached hydrogens (primary N) is 1. The number of halogens is 2. The van der Waals surface area contributed by atoms with Gasteiger partial charge in [0.2, 0.25) is 5.95 Å². The average Bonchev–Trinajstić information content (AvgIpc) is 2.67. The molecule has 0 amide bonds. The van der Waals surface area contributed by atoms with Crippen molar-refractivity contribution < 1.29 is 13.5 Å². The SMILES string of the molecule is CCOc1cc(F)c(C=Nn2cc(C)nc2N)c(F)c1. The fourth-order valence-corrected chi connectivity index (χ4v) is 1.65. The maximum atomic E-state index is 13.8. The van der Waals surface area contributed by atoms with E-state index < -0.39 is 11.6 Å². The number of hydrogen-bond acceptors (Lipinski definition) is 4. The van der Waals surface area contributed by atoms with Crippen molar-refractivity contribution in [2.24, 2.45) is 5.10 Å². The summed E-state index contributed by atoms with van der Waals surface area (Å²) in [7, 11) is 0. The number of nitrogens with zero attached hydrogens (tertiary/aromatic N) is 3. The van der Waals surface area contributed by atoms with Gasteiger partial charge < -0.3 is 10.5 Å². The van der Waals surface area contributed by atoms with Crippen molar-refractivity contribution in [2.75, 3.05) is 12.3 Å². The molecule has 5 nitrogen and oxygen atoms in total. The third-order valence-electron chi connectivity index (χ3n) is 2.51. The molecule has 2 rings (SSSR count). The lowest BCUT2D eigenvalue weighted by Crippen LogP contribution is -2.01. The molecule has 0 saturated carbocycles. The van der Waals surface area contributed by atoms with Crippen molar-refractivity contribution in [3.8, 4) is 5.75 Å². The maximum Gasteiger partial charge on any atom is 0.221 e. The number of anilines is 1. The number of hydrogen-bond donors (Lipinski definition) is 1. The molecule has 20 heavy (non-hydrogen) atoms. The number of imidazole rings is 1. The molecule has 0 unspecified atom stereocenters. The lowest BCUT2D eigenvalue weighted by Gasteiger charge is -2.05. The monoisotopic (exact) mass is 280 g/mol. The number of benzene rings is 1. The van der Waals surface area contributed by atoms with Crippen molar-refractivity contribution >= 4 is 12.2 Å². The molecule has 7 heteroatoms. The zero-order valence-electron chi connectivity index (χ0n) is 11.1. The first kappa shape index (κ1) is 14.0. The Morgan fingerprint density at radius 1 is 1.40 bits per heavy atom. The summed E-state index contributed by atoms with van der Waals surface area (Å²) in [6, 6.07) is 2.22. The highest BCUT2D eigenvalue weighted by molar-refractivity contribution is 5.80. The van der Waals surface area contributed by atoms with E-state index in [0.717, 1.165) is 18.3 Å². The third kappa shape index (κ3) is 2.93. The molecule has 0 aliphatic carbocycles. The number of aromatic nitrogens is 2. The Labute approximate surface area is 114 Å². The Balaban J connectivity index is 2.32. The van der Waals surface area contributed by atoms with Crippen LogP contribution in [0, 0.1) is 18.6 Å². The first-order valence-electron chi connectivity index (χ1n) is 5.99. The summed E-state index contributed by atoms with van der Waals surface area (Å²) in [6.45, 7) is 3.80. The molecule has 0 aliphatic heterocycles. The van der Waals surface area contributed by atoms with E-state index in [-0.39, 0.29) is 17.3 Å². The van der Waals surface area contributed by atoms with Crippen LogP contribution in [0.3, 0.4) is 0 Å². The van der Waals surface area contributed by atoms with Gasteiger partial charge in [-0.1, -0.05) is 0 Å². The van der Waals surface area contributed by atoms with Crippen molar-refractivity contribution in [3.05, 3.63) is 41.2 Å². The van der Waals surface area contributed by atoms with Crippen molar-refractivity contribution in [3.63, 3.8) is 0 Å². The lowest BCUT2D eigenvalue weighted by molar-refractivity contribution is 0.336. The van der Waals surface area contributed by atoms with E-state index in [1.807, 2.05) is 0 Å². The quantitative estimate of drug-likeness (QED) is 0.874. The highest BCUT2D eigenvalue weighted by atomic mass is 19.1. The minimum Gasteiger partial charge on any atom is -0.494 e. The molecule has 1 aromatic carbocycles. The van der Waals surface area contributed by atoms with Gasteiger partial charge in [0.15, 0.2) is 0 Å². The van der Waals surface area contributed by atoms with Crippen LogP contribution in [-0.2, 0) is 0 Å². The van der Waals surface area contributed by atoms with Crippen molar-refractivity contribution in [2.45, 2.75) is 13.8 Å². The molecule has 2 N–H and O–H groups in total. The Morgan fingerprint density at radius 3 is 2.55 bits per heavy atom. The molecule has 0 aliphatic rings. The minimum absolute atomic E-state index is 0.137. The Hall–Kier alpha value is -2.44. The fraction of sp³-hybridized carbons (Fsp3) is 0.231. The number of aryl methyl sites for hydroxylation is 1. The van der Waals surface area contributed by atoms with E-state index >= 15 is 0 Å². The van der Waals surface area contributed by atoms with Gasteiger partial charge in [0.25, 0.3) is 0 Å². The zero-order valence-corrected chi connectivity index (χ0v) is 11.1. The highest BCUT2D eigenvalue weighted by Gasteiger charge is 2.10. The second-order valence-corrected chi connectivity index (χ2v) is 4.06. The predicted molar refractivity (Wildman–Crippen MR) is 71.9 cm³/mol. The number of nitrogen functional groups attached to an aromatic ring is 1. The van der Waals surface area contributed by atoms with Crippen LogP contribution < -0.4 is 10.5 Å². The molecule has 0 spiro atoms. The van der Waals surface area contributed by atoms with E-state index in [4.69, 9.17) is 10.5 Å². The first-order chi connectivity index (χ1) is 9.51. The summed E-state index contributed by atoms with van der Waals surface area (Å²) in [5, 5.41) is 3.88. The van der Waals surface area contributed by atoms with Crippen LogP contribution in [0.1, 0.15) is 18.2 Å². The van der Waals surface area contributed by atoms with Crippen LogP contribution in [0.2, 0.25) is 0 Å². The smallest absolute Gasteiger partial charge is 0.221 e. The minimum atomic E-state index is -0.757. The van der Waals surface area contributed by atoms with Gasteiger partial charge in [-0.3, -0.25) is 0 Å². The number of rotatable bonds is 4. The topological polar surface area (TPSA) is 65.4 Å². The summed E-state index contributed by atoms with van der Waals surface area (Å²) in [5.74, 6) is -1.23. The van der Waals surface area contributed by atoms with Crippen LogP contribution in [0.5, 0.6) is 5.75 Å². The van der Waals surface area contributed by atoms with Gasteiger partial charge in [0.1, 0.15) is 17.4 Å². The second kappa shape index (κ2) is 5.68. The molecule has 0 atom stereocenters. The molecule has 0 saturated heterocycles.